The lowest BCUT2D eigenvalue weighted by Crippen LogP contribution is -2.28. The van der Waals surface area contributed by atoms with Crippen molar-refractivity contribution in [1.82, 2.24) is 0 Å². The summed E-state index contributed by atoms with van der Waals surface area (Å²) in [4.78, 5) is 15.9. The molecule has 1 fully saturated rings. The second kappa shape index (κ2) is 2.85. The molecule has 0 N–H and O–H groups in total. The number of fused-ring (bicyclic) bond motifs is 1. The van der Waals surface area contributed by atoms with Gasteiger partial charge < -0.3 is 0 Å². The smallest absolute Gasteiger partial charge is 0.166 e. The standard InChI is InChI=1S/C10H13NO/c1-7-6-10(12)8-4-2-3-5-9(8)11-7/h6,8H,2-5H2,1H3. The summed E-state index contributed by atoms with van der Waals surface area (Å²) in [5.74, 6) is 0.416. The maximum Gasteiger partial charge on any atom is 0.166 e. The monoisotopic (exact) mass is 163 g/mol. The third-order valence-electron chi connectivity index (χ3n) is 2.59. The van der Waals surface area contributed by atoms with Gasteiger partial charge in [0.15, 0.2) is 5.78 Å². The van der Waals surface area contributed by atoms with Gasteiger partial charge in [-0.05, 0) is 26.2 Å². The number of hydrogen-bond donors (Lipinski definition) is 0. The van der Waals surface area contributed by atoms with Crippen molar-refractivity contribution in [2.75, 3.05) is 0 Å². The van der Waals surface area contributed by atoms with Crippen LogP contribution in [0.3, 0.4) is 0 Å². The molecule has 1 aliphatic carbocycles. The van der Waals surface area contributed by atoms with Crippen molar-refractivity contribution < 1.29 is 4.79 Å². The van der Waals surface area contributed by atoms with E-state index in [-0.39, 0.29) is 11.7 Å². The highest BCUT2D eigenvalue weighted by Crippen LogP contribution is 2.27. The van der Waals surface area contributed by atoms with Crippen LogP contribution in [-0.4, -0.2) is 11.5 Å². The zero-order valence-corrected chi connectivity index (χ0v) is 7.34. The van der Waals surface area contributed by atoms with Crippen LogP contribution in [0.25, 0.3) is 0 Å². The molecule has 1 heterocycles. The van der Waals surface area contributed by atoms with Crippen molar-refractivity contribution >= 4 is 11.5 Å². The molecule has 0 bridgehead atoms. The van der Waals surface area contributed by atoms with E-state index in [4.69, 9.17) is 0 Å². The first-order valence-corrected chi connectivity index (χ1v) is 4.57. The molecule has 0 aromatic rings. The Bertz CT molecular complexity index is 276. The average Bonchev–Trinajstić information content (AvgIpc) is 2.04. The zero-order chi connectivity index (χ0) is 8.55. The van der Waals surface area contributed by atoms with Crippen LogP contribution in [0.5, 0.6) is 0 Å². The fraction of sp³-hybridized carbons (Fsp3) is 0.600. The second-order valence-electron chi connectivity index (χ2n) is 3.59. The molecule has 1 saturated carbocycles. The van der Waals surface area contributed by atoms with Crippen LogP contribution >= 0.6 is 0 Å². The minimum atomic E-state index is 0.141. The molecule has 12 heavy (non-hydrogen) atoms. The molecule has 0 amide bonds. The van der Waals surface area contributed by atoms with Gasteiger partial charge in [0.1, 0.15) is 0 Å². The summed E-state index contributed by atoms with van der Waals surface area (Å²) >= 11 is 0. The van der Waals surface area contributed by atoms with E-state index in [2.05, 4.69) is 4.99 Å². The SMILES string of the molecule is CC1=CC(=O)C2CCCCC2=N1. The second-order valence-corrected chi connectivity index (χ2v) is 3.59. The lowest BCUT2D eigenvalue weighted by atomic mass is 9.82. The van der Waals surface area contributed by atoms with Gasteiger partial charge in [0.2, 0.25) is 0 Å². The summed E-state index contributed by atoms with van der Waals surface area (Å²) in [5, 5.41) is 0. The Labute approximate surface area is 72.4 Å². The highest BCUT2D eigenvalue weighted by molar-refractivity contribution is 6.12. The Kier molecular flexibility index (Phi) is 1.83. The molecular formula is C10H13NO. The van der Waals surface area contributed by atoms with Crippen LogP contribution < -0.4 is 0 Å². The van der Waals surface area contributed by atoms with Gasteiger partial charge in [-0.15, -0.1) is 0 Å². The Morgan fingerprint density at radius 3 is 3.17 bits per heavy atom. The van der Waals surface area contributed by atoms with Crippen LogP contribution in [0.15, 0.2) is 16.8 Å². The summed E-state index contributed by atoms with van der Waals surface area (Å²) in [6, 6.07) is 0. The molecule has 2 heteroatoms. The van der Waals surface area contributed by atoms with Gasteiger partial charge >= 0.3 is 0 Å². The third-order valence-corrected chi connectivity index (χ3v) is 2.59. The molecule has 2 rings (SSSR count). The maximum atomic E-state index is 11.5. The number of rotatable bonds is 0. The van der Waals surface area contributed by atoms with Gasteiger partial charge in [-0.3, -0.25) is 9.79 Å². The van der Waals surface area contributed by atoms with Gasteiger partial charge in [0.05, 0.1) is 5.92 Å². The summed E-state index contributed by atoms with van der Waals surface area (Å²) in [7, 11) is 0. The normalized spacial score (nSPS) is 29.1. The predicted octanol–water partition coefficient (Wildman–Crippen LogP) is 2.10. The van der Waals surface area contributed by atoms with Crippen LogP contribution in [0.4, 0.5) is 0 Å². The summed E-state index contributed by atoms with van der Waals surface area (Å²) in [5.41, 5.74) is 2.01. The van der Waals surface area contributed by atoms with Gasteiger partial charge in [-0.25, -0.2) is 0 Å². The first kappa shape index (κ1) is 7.71. The molecule has 1 unspecified atom stereocenters. The predicted molar refractivity (Wildman–Crippen MR) is 48.2 cm³/mol. The topological polar surface area (TPSA) is 29.4 Å². The Morgan fingerprint density at radius 2 is 2.33 bits per heavy atom. The quantitative estimate of drug-likeness (QED) is 0.537. The molecule has 0 saturated heterocycles. The van der Waals surface area contributed by atoms with E-state index in [0.717, 1.165) is 24.3 Å². The minimum absolute atomic E-state index is 0.141. The summed E-state index contributed by atoms with van der Waals surface area (Å²) in [6.07, 6.45) is 6.11. The maximum absolute atomic E-state index is 11.5. The largest absolute Gasteiger partial charge is 0.294 e. The third kappa shape index (κ3) is 1.22. The number of ketones is 1. The van der Waals surface area contributed by atoms with E-state index >= 15 is 0 Å². The molecule has 0 spiro atoms. The van der Waals surface area contributed by atoms with E-state index in [9.17, 15) is 4.79 Å². The highest BCUT2D eigenvalue weighted by atomic mass is 16.1. The Morgan fingerprint density at radius 1 is 1.50 bits per heavy atom. The lowest BCUT2D eigenvalue weighted by molar-refractivity contribution is -0.116. The average molecular weight is 163 g/mol. The number of carbonyl (C=O) groups is 1. The van der Waals surface area contributed by atoms with E-state index < -0.39 is 0 Å². The van der Waals surface area contributed by atoms with Gasteiger partial charge in [0.25, 0.3) is 0 Å². The molecule has 2 nitrogen and oxygen atoms in total. The fourth-order valence-corrected chi connectivity index (χ4v) is 2.00. The Balaban J connectivity index is 2.29. The van der Waals surface area contributed by atoms with Gasteiger partial charge in [-0.2, -0.15) is 0 Å². The van der Waals surface area contributed by atoms with Crippen LogP contribution in [-0.2, 0) is 4.79 Å². The molecule has 0 aromatic heterocycles. The van der Waals surface area contributed by atoms with Crippen LogP contribution in [0, 0.1) is 5.92 Å². The fourth-order valence-electron chi connectivity index (χ4n) is 2.00. The Hall–Kier alpha value is -0.920. The number of aliphatic imine (C=N–C) groups is 1. The van der Waals surface area contributed by atoms with E-state index in [1.165, 1.54) is 12.8 Å². The van der Waals surface area contributed by atoms with Crippen LogP contribution in [0.2, 0.25) is 0 Å². The lowest BCUT2D eigenvalue weighted by Gasteiger charge is -2.24. The molecule has 1 aliphatic heterocycles. The van der Waals surface area contributed by atoms with Crippen molar-refractivity contribution in [1.29, 1.82) is 0 Å². The van der Waals surface area contributed by atoms with Crippen molar-refractivity contribution in [3.8, 4) is 0 Å². The molecule has 0 aromatic carbocycles. The number of carbonyl (C=O) groups excluding carboxylic acids is 1. The highest BCUT2D eigenvalue weighted by Gasteiger charge is 2.28. The van der Waals surface area contributed by atoms with E-state index in [1.807, 2.05) is 6.92 Å². The summed E-state index contributed by atoms with van der Waals surface area (Å²) in [6.45, 7) is 1.90. The molecule has 1 atom stereocenters. The van der Waals surface area contributed by atoms with E-state index in [1.54, 1.807) is 6.08 Å². The van der Waals surface area contributed by atoms with Crippen molar-refractivity contribution in [2.45, 2.75) is 32.6 Å². The van der Waals surface area contributed by atoms with E-state index in [0.29, 0.717) is 0 Å². The minimum Gasteiger partial charge on any atom is -0.294 e. The molecular weight excluding hydrogens is 150 g/mol. The number of allylic oxidation sites excluding steroid dienone is 2. The van der Waals surface area contributed by atoms with Crippen molar-refractivity contribution in [2.24, 2.45) is 10.9 Å². The zero-order valence-electron chi connectivity index (χ0n) is 7.34. The van der Waals surface area contributed by atoms with Gasteiger partial charge in [0, 0.05) is 17.5 Å². The molecule has 64 valence electrons. The van der Waals surface area contributed by atoms with Crippen molar-refractivity contribution in [3.63, 3.8) is 0 Å². The van der Waals surface area contributed by atoms with Crippen molar-refractivity contribution in [3.05, 3.63) is 11.8 Å². The first-order chi connectivity index (χ1) is 5.77. The van der Waals surface area contributed by atoms with Crippen LogP contribution in [0.1, 0.15) is 32.6 Å². The summed E-state index contributed by atoms with van der Waals surface area (Å²) < 4.78 is 0. The number of nitrogens with zero attached hydrogens (tertiary/aromatic N) is 1. The molecule has 0 radical (unpaired) electrons. The van der Waals surface area contributed by atoms with Gasteiger partial charge in [-0.1, -0.05) is 6.42 Å². The molecule has 2 aliphatic rings. The first-order valence-electron chi connectivity index (χ1n) is 4.57. The number of hydrogen-bond acceptors (Lipinski definition) is 2.